The average molecular weight is 315 g/mol. The van der Waals surface area contributed by atoms with Gasteiger partial charge in [-0.15, -0.1) is 0 Å². The van der Waals surface area contributed by atoms with Crippen LogP contribution in [0.5, 0.6) is 11.5 Å². The molecule has 0 spiro atoms. The van der Waals surface area contributed by atoms with Crippen LogP contribution >= 0.6 is 0 Å². The number of benzene rings is 1. The maximum absolute atomic E-state index is 12.1. The highest BCUT2D eigenvalue weighted by molar-refractivity contribution is 6.11. The van der Waals surface area contributed by atoms with Crippen LogP contribution in [-0.2, 0) is 0 Å². The smallest absolute Gasteiger partial charge is 0.338 e. The van der Waals surface area contributed by atoms with E-state index in [1.54, 1.807) is 13.4 Å². The zero-order valence-electron chi connectivity index (χ0n) is 13.0. The van der Waals surface area contributed by atoms with Gasteiger partial charge in [0.2, 0.25) is 5.75 Å². The maximum atomic E-state index is 12.1. The molecule has 23 heavy (non-hydrogen) atoms. The first-order chi connectivity index (χ1) is 11.2. The zero-order chi connectivity index (χ0) is 16.0. The van der Waals surface area contributed by atoms with Crippen molar-refractivity contribution in [3.63, 3.8) is 0 Å². The molecule has 3 aromatic rings. The van der Waals surface area contributed by atoms with Crippen LogP contribution in [0.15, 0.2) is 32.0 Å². The molecule has 6 heteroatoms. The van der Waals surface area contributed by atoms with Crippen molar-refractivity contribution in [2.24, 2.45) is 0 Å². The fourth-order valence-electron chi connectivity index (χ4n) is 3.37. The van der Waals surface area contributed by atoms with Crippen molar-refractivity contribution >= 4 is 27.6 Å². The predicted molar refractivity (Wildman–Crippen MR) is 86.8 cm³/mol. The van der Waals surface area contributed by atoms with E-state index < -0.39 is 5.63 Å². The molecule has 0 bridgehead atoms. The van der Waals surface area contributed by atoms with Gasteiger partial charge in [0.05, 0.1) is 36.9 Å². The molecular formula is C17H17NO5. The number of hydrogen-bond donors (Lipinski definition) is 0. The second kappa shape index (κ2) is 5.22. The summed E-state index contributed by atoms with van der Waals surface area (Å²) in [7, 11) is 3.14. The van der Waals surface area contributed by atoms with Crippen molar-refractivity contribution in [2.75, 3.05) is 32.2 Å². The molecule has 1 aromatic carbocycles. The topological polar surface area (TPSA) is 65.1 Å². The summed E-state index contributed by atoms with van der Waals surface area (Å²) in [5.41, 5.74) is 1.29. The third kappa shape index (κ3) is 1.98. The number of methoxy groups -OCH3 is 2. The second-order valence-corrected chi connectivity index (χ2v) is 5.58. The molecule has 1 aliphatic rings. The Hall–Kier alpha value is -2.63. The first-order valence-corrected chi connectivity index (χ1v) is 7.58. The van der Waals surface area contributed by atoms with Crippen LogP contribution in [0.1, 0.15) is 12.8 Å². The first-order valence-electron chi connectivity index (χ1n) is 7.58. The van der Waals surface area contributed by atoms with E-state index in [1.807, 2.05) is 6.07 Å². The molecule has 6 nitrogen and oxygen atoms in total. The van der Waals surface area contributed by atoms with Gasteiger partial charge in [0.15, 0.2) is 11.2 Å². The minimum absolute atomic E-state index is 0.362. The van der Waals surface area contributed by atoms with Crippen LogP contribution in [0.25, 0.3) is 21.9 Å². The van der Waals surface area contributed by atoms with Crippen molar-refractivity contribution in [1.29, 1.82) is 0 Å². The van der Waals surface area contributed by atoms with Crippen LogP contribution in [0.4, 0.5) is 5.69 Å². The summed E-state index contributed by atoms with van der Waals surface area (Å²) in [4.78, 5) is 14.3. The molecular weight excluding hydrogens is 298 g/mol. The third-order valence-electron chi connectivity index (χ3n) is 4.34. The summed E-state index contributed by atoms with van der Waals surface area (Å²) in [5.74, 6) is 1.05. The lowest BCUT2D eigenvalue weighted by atomic mass is 10.1. The van der Waals surface area contributed by atoms with Gasteiger partial charge in [0.25, 0.3) is 0 Å². The molecule has 0 saturated carbocycles. The van der Waals surface area contributed by atoms with E-state index in [-0.39, 0.29) is 0 Å². The van der Waals surface area contributed by atoms with Gasteiger partial charge in [-0.1, -0.05) is 0 Å². The van der Waals surface area contributed by atoms with Gasteiger partial charge in [-0.3, -0.25) is 0 Å². The summed E-state index contributed by atoms with van der Waals surface area (Å²) in [6, 6.07) is 3.36. The van der Waals surface area contributed by atoms with E-state index in [0.29, 0.717) is 22.7 Å². The SMILES string of the molecule is COc1c2occc2c(OC)c2c(N3CCCC3)cc(=O)oc12. The van der Waals surface area contributed by atoms with Gasteiger partial charge in [-0.05, 0) is 18.9 Å². The van der Waals surface area contributed by atoms with Crippen molar-refractivity contribution in [3.05, 3.63) is 28.8 Å². The monoisotopic (exact) mass is 315 g/mol. The Morgan fingerprint density at radius 3 is 2.52 bits per heavy atom. The first kappa shape index (κ1) is 14.0. The fraction of sp³-hybridized carbons (Fsp3) is 0.353. The average Bonchev–Trinajstić information content (AvgIpc) is 3.23. The summed E-state index contributed by atoms with van der Waals surface area (Å²) < 4.78 is 22.1. The van der Waals surface area contributed by atoms with Crippen LogP contribution in [-0.4, -0.2) is 27.3 Å². The molecule has 0 amide bonds. The molecule has 0 atom stereocenters. The van der Waals surface area contributed by atoms with Gasteiger partial charge >= 0.3 is 5.63 Å². The van der Waals surface area contributed by atoms with E-state index in [1.165, 1.54) is 13.2 Å². The van der Waals surface area contributed by atoms with Gasteiger partial charge in [-0.25, -0.2) is 4.79 Å². The lowest BCUT2D eigenvalue weighted by molar-refractivity contribution is 0.398. The number of nitrogens with zero attached hydrogens (tertiary/aromatic N) is 1. The number of fused-ring (bicyclic) bond motifs is 2. The predicted octanol–water partition coefficient (Wildman–Crippen LogP) is 3.16. The Bertz CT molecular complexity index is 933. The molecule has 1 aliphatic heterocycles. The van der Waals surface area contributed by atoms with Crippen LogP contribution in [0.2, 0.25) is 0 Å². The van der Waals surface area contributed by atoms with Crippen LogP contribution < -0.4 is 20.0 Å². The molecule has 4 rings (SSSR count). The van der Waals surface area contributed by atoms with Gasteiger partial charge in [0.1, 0.15) is 5.75 Å². The molecule has 120 valence electrons. The van der Waals surface area contributed by atoms with Gasteiger partial charge in [-0.2, -0.15) is 0 Å². The lowest BCUT2D eigenvalue weighted by Gasteiger charge is -2.21. The summed E-state index contributed by atoms with van der Waals surface area (Å²) in [6.45, 7) is 1.82. The quantitative estimate of drug-likeness (QED) is 0.692. The molecule has 3 heterocycles. The summed E-state index contributed by atoms with van der Waals surface area (Å²) >= 11 is 0. The standard InChI is InChI=1S/C17H17NO5/c1-20-14-10-5-8-22-15(10)17(21-2)16-13(14)11(9-12(19)23-16)18-6-3-4-7-18/h5,8-9H,3-4,6-7H2,1-2H3. The zero-order valence-corrected chi connectivity index (χ0v) is 13.0. The highest BCUT2D eigenvalue weighted by Gasteiger charge is 2.26. The van der Waals surface area contributed by atoms with Crippen molar-refractivity contribution < 1.29 is 18.3 Å². The molecule has 0 radical (unpaired) electrons. The minimum atomic E-state index is -0.411. The van der Waals surface area contributed by atoms with E-state index in [4.69, 9.17) is 18.3 Å². The number of anilines is 1. The maximum Gasteiger partial charge on any atom is 0.338 e. The van der Waals surface area contributed by atoms with Crippen molar-refractivity contribution in [3.8, 4) is 11.5 Å². The lowest BCUT2D eigenvalue weighted by Crippen LogP contribution is -2.20. The summed E-state index contributed by atoms with van der Waals surface area (Å²) in [6.07, 6.45) is 3.78. The number of furan rings is 1. The normalized spacial score (nSPS) is 14.8. The molecule has 1 saturated heterocycles. The number of rotatable bonds is 3. The highest BCUT2D eigenvalue weighted by Crippen LogP contribution is 2.46. The fourth-order valence-corrected chi connectivity index (χ4v) is 3.37. The summed E-state index contributed by atoms with van der Waals surface area (Å²) in [5, 5.41) is 1.55. The van der Waals surface area contributed by atoms with Crippen molar-refractivity contribution in [2.45, 2.75) is 12.8 Å². The Labute approximate surface area is 132 Å². The molecule has 2 aromatic heterocycles. The second-order valence-electron chi connectivity index (χ2n) is 5.58. The number of hydrogen-bond acceptors (Lipinski definition) is 6. The number of ether oxygens (including phenoxy) is 2. The van der Waals surface area contributed by atoms with Gasteiger partial charge < -0.3 is 23.2 Å². The highest BCUT2D eigenvalue weighted by atomic mass is 16.5. The van der Waals surface area contributed by atoms with Crippen molar-refractivity contribution in [1.82, 2.24) is 0 Å². The van der Waals surface area contributed by atoms with E-state index >= 15 is 0 Å². The minimum Gasteiger partial charge on any atom is -0.495 e. The Morgan fingerprint density at radius 2 is 1.83 bits per heavy atom. The molecule has 0 unspecified atom stereocenters. The molecule has 0 aliphatic carbocycles. The van der Waals surface area contributed by atoms with Crippen LogP contribution in [0, 0.1) is 0 Å². The molecule has 1 fully saturated rings. The van der Waals surface area contributed by atoms with Crippen LogP contribution in [0.3, 0.4) is 0 Å². The third-order valence-corrected chi connectivity index (χ3v) is 4.34. The largest absolute Gasteiger partial charge is 0.495 e. The Balaban J connectivity index is 2.20. The van der Waals surface area contributed by atoms with Gasteiger partial charge in [0, 0.05) is 19.2 Å². The Morgan fingerprint density at radius 1 is 1.09 bits per heavy atom. The van der Waals surface area contributed by atoms with E-state index in [9.17, 15) is 4.79 Å². The van der Waals surface area contributed by atoms with E-state index in [2.05, 4.69) is 4.90 Å². The Kier molecular flexibility index (Phi) is 3.18. The molecule has 0 N–H and O–H groups in total. The van der Waals surface area contributed by atoms with E-state index in [0.717, 1.165) is 42.4 Å².